The molecule has 0 aromatic heterocycles. The molecule has 84 valence electrons. The Kier molecular flexibility index (Phi) is 2.23. The Morgan fingerprint density at radius 3 is 2.94 bits per heavy atom. The molecule has 3 aliphatic rings. The second-order valence-corrected chi connectivity index (χ2v) is 4.77. The van der Waals surface area contributed by atoms with Crippen LogP contribution in [0.15, 0.2) is 29.3 Å². The number of carbonyl (C=O) groups excluding carboxylic acids is 1. The number of rotatable bonds is 2. The van der Waals surface area contributed by atoms with E-state index in [1.54, 1.807) is 6.92 Å². The van der Waals surface area contributed by atoms with E-state index in [2.05, 4.69) is 15.5 Å². The Morgan fingerprint density at radius 2 is 2.25 bits per heavy atom. The average molecular weight is 216 g/mol. The van der Waals surface area contributed by atoms with E-state index in [4.69, 9.17) is 0 Å². The molecular formula is C13H16N2O. The zero-order valence-electron chi connectivity index (χ0n) is 9.57. The molecule has 0 amide bonds. The molecule has 3 rings (SSSR count). The van der Waals surface area contributed by atoms with Crippen molar-refractivity contribution in [3.05, 3.63) is 29.3 Å². The number of nitrogens with zero attached hydrogens (tertiary/aromatic N) is 2. The SMILES string of the molecule is CC(=O)C1=CN2CCN(C3CC3)CC2=C=C1. The Morgan fingerprint density at radius 1 is 1.44 bits per heavy atom. The van der Waals surface area contributed by atoms with Crippen molar-refractivity contribution >= 4 is 5.78 Å². The fraction of sp³-hybridized carbons (Fsp3) is 0.538. The van der Waals surface area contributed by atoms with Crippen molar-refractivity contribution in [3.8, 4) is 0 Å². The minimum absolute atomic E-state index is 0.121. The van der Waals surface area contributed by atoms with Crippen LogP contribution in [-0.4, -0.2) is 41.3 Å². The van der Waals surface area contributed by atoms with Crippen molar-refractivity contribution in [1.82, 2.24) is 9.80 Å². The van der Waals surface area contributed by atoms with E-state index in [1.165, 1.54) is 18.5 Å². The second-order valence-electron chi connectivity index (χ2n) is 4.77. The van der Waals surface area contributed by atoms with E-state index in [-0.39, 0.29) is 5.78 Å². The summed E-state index contributed by atoms with van der Waals surface area (Å²) >= 11 is 0. The van der Waals surface area contributed by atoms with E-state index in [9.17, 15) is 4.79 Å². The molecule has 1 saturated heterocycles. The lowest BCUT2D eigenvalue weighted by molar-refractivity contribution is -0.113. The standard InChI is InChI=1S/C13H16N2O/c1-10(16)11-2-3-13-9-15(12-4-5-12)7-6-14(13)8-11/h2,8,12H,4-7,9H2,1H3. The van der Waals surface area contributed by atoms with E-state index >= 15 is 0 Å². The molecule has 0 spiro atoms. The maximum Gasteiger partial charge on any atom is 0.161 e. The second kappa shape index (κ2) is 3.62. The number of carbonyl (C=O) groups is 1. The van der Waals surface area contributed by atoms with Crippen molar-refractivity contribution < 1.29 is 4.79 Å². The fourth-order valence-electron chi connectivity index (χ4n) is 2.31. The molecule has 1 aliphatic carbocycles. The van der Waals surface area contributed by atoms with E-state index in [0.717, 1.165) is 31.2 Å². The number of fused-ring (bicyclic) bond motifs is 1. The Bertz CT molecular complexity index is 425. The van der Waals surface area contributed by atoms with Gasteiger partial charge in [0.2, 0.25) is 0 Å². The Labute approximate surface area is 95.7 Å². The van der Waals surface area contributed by atoms with E-state index in [0.29, 0.717) is 0 Å². The molecule has 0 aromatic rings. The van der Waals surface area contributed by atoms with Crippen molar-refractivity contribution in [2.45, 2.75) is 25.8 Å². The first-order chi connectivity index (χ1) is 7.74. The maximum absolute atomic E-state index is 11.3. The first-order valence-corrected chi connectivity index (χ1v) is 5.93. The highest BCUT2D eigenvalue weighted by atomic mass is 16.1. The quantitative estimate of drug-likeness (QED) is 0.650. The van der Waals surface area contributed by atoms with Crippen molar-refractivity contribution in [3.63, 3.8) is 0 Å². The third-order valence-electron chi connectivity index (χ3n) is 3.49. The molecule has 2 aliphatic heterocycles. The number of Topliss-reactive ketones (excluding diaryl/α,β-unsaturated/α-hetero) is 1. The van der Waals surface area contributed by atoms with Crippen LogP contribution in [0.3, 0.4) is 0 Å². The molecule has 3 nitrogen and oxygen atoms in total. The van der Waals surface area contributed by atoms with Crippen molar-refractivity contribution in [2.24, 2.45) is 0 Å². The highest BCUT2D eigenvalue weighted by Gasteiger charge is 2.33. The van der Waals surface area contributed by atoms with Crippen LogP contribution >= 0.6 is 0 Å². The molecule has 0 radical (unpaired) electrons. The number of piperazine rings is 1. The predicted octanol–water partition coefficient (Wildman–Crippen LogP) is 1.29. The predicted molar refractivity (Wildman–Crippen MR) is 61.7 cm³/mol. The molecule has 2 fully saturated rings. The summed E-state index contributed by atoms with van der Waals surface area (Å²) in [5.41, 5.74) is 5.23. The molecule has 16 heavy (non-hydrogen) atoms. The smallest absolute Gasteiger partial charge is 0.161 e. The zero-order chi connectivity index (χ0) is 11.1. The number of ketones is 1. The topological polar surface area (TPSA) is 23.6 Å². The summed E-state index contributed by atoms with van der Waals surface area (Å²) in [6.45, 7) is 4.69. The Balaban J connectivity index is 1.80. The van der Waals surface area contributed by atoms with Gasteiger partial charge in [-0.1, -0.05) is 5.73 Å². The van der Waals surface area contributed by atoms with Crippen LogP contribution in [0.5, 0.6) is 0 Å². The molecule has 3 heteroatoms. The van der Waals surface area contributed by atoms with Gasteiger partial charge in [-0.2, -0.15) is 0 Å². The van der Waals surface area contributed by atoms with Gasteiger partial charge in [0.25, 0.3) is 0 Å². The summed E-state index contributed by atoms with van der Waals surface area (Å²) in [5, 5.41) is 0. The first-order valence-electron chi connectivity index (χ1n) is 5.93. The van der Waals surface area contributed by atoms with Gasteiger partial charge >= 0.3 is 0 Å². The lowest BCUT2D eigenvalue weighted by Gasteiger charge is -2.36. The van der Waals surface area contributed by atoms with Gasteiger partial charge in [-0.05, 0) is 25.8 Å². The van der Waals surface area contributed by atoms with Crippen LogP contribution in [0.4, 0.5) is 0 Å². The van der Waals surface area contributed by atoms with Crippen LogP contribution in [0.1, 0.15) is 19.8 Å². The van der Waals surface area contributed by atoms with Crippen LogP contribution < -0.4 is 0 Å². The van der Waals surface area contributed by atoms with Gasteiger partial charge in [-0.15, -0.1) is 0 Å². The highest BCUT2D eigenvalue weighted by molar-refractivity contribution is 5.96. The molecule has 2 heterocycles. The van der Waals surface area contributed by atoms with Crippen LogP contribution in [-0.2, 0) is 4.79 Å². The van der Waals surface area contributed by atoms with Crippen LogP contribution in [0, 0.1) is 0 Å². The summed E-state index contributed by atoms with van der Waals surface area (Å²) in [6.07, 6.45) is 6.50. The largest absolute Gasteiger partial charge is 0.342 e. The fourth-order valence-corrected chi connectivity index (χ4v) is 2.31. The number of allylic oxidation sites excluding steroid dienone is 1. The van der Waals surface area contributed by atoms with Crippen LogP contribution in [0.2, 0.25) is 0 Å². The van der Waals surface area contributed by atoms with Gasteiger partial charge in [0, 0.05) is 37.4 Å². The molecule has 0 unspecified atom stereocenters. The minimum Gasteiger partial charge on any atom is -0.342 e. The summed E-state index contributed by atoms with van der Waals surface area (Å²) in [5.74, 6) is 0.121. The molecular weight excluding hydrogens is 200 g/mol. The summed E-state index contributed by atoms with van der Waals surface area (Å²) < 4.78 is 0. The average Bonchev–Trinajstić information content (AvgIpc) is 3.11. The van der Waals surface area contributed by atoms with Crippen molar-refractivity contribution in [2.75, 3.05) is 19.6 Å². The summed E-state index contributed by atoms with van der Waals surface area (Å²) in [4.78, 5) is 16.0. The maximum atomic E-state index is 11.3. The van der Waals surface area contributed by atoms with Crippen molar-refractivity contribution in [1.29, 1.82) is 0 Å². The van der Waals surface area contributed by atoms with Gasteiger partial charge in [-0.25, -0.2) is 0 Å². The van der Waals surface area contributed by atoms with Gasteiger partial charge in [-0.3, -0.25) is 9.69 Å². The van der Waals surface area contributed by atoms with Gasteiger partial charge < -0.3 is 4.90 Å². The molecule has 0 bridgehead atoms. The third kappa shape index (κ3) is 1.73. The molecule has 0 atom stereocenters. The number of hydrogen-bond donors (Lipinski definition) is 0. The molecule has 0 N–H and O–H groups in total. The Hall–Kier alpha value is -1.31. The third-order valence-corrected chi connectivity index (χ3v) is 3.49. The zero-order valence-corrected chi connectivity index (χ0v) is 9.57. The lowest BCUT2D eigenvalue weighted by Crippen LogP contribution is -2.44. The van der Waals surface area contributed by atoms with Gasteiger partial charge in [0.1, 0.15) is 0 Å². The first kappa shape index (κ1) is 9.88. The minimum atomic E-state index is 0.121. The van der Waals surface area contributed by atoms with Crippen LogP contribution in [0.25, 0.3) is 0 Å². The number of hydrogen-bond acceptors (Lipinski definition) is 3. The van der Waals surface area contributed by atoms with Gasteiger partial charge in [0.15, 0.2) is 5.78 Å². The highest BCUT2D eigenvalue weighted by Crippen LogP contribution is 2.30. The van der Waals surface area contributed by atoms with Gasteiger partial charge in [0.05, 0.1) is 5.70 Å². The van der Waals surface area contributed by atoms with E-state index in [1.807, 2.05) is 12.3 Å². The monoisotopic (exact) mass is 216 g/mol. The molecule has 1 saturated carbocycles. The lowest BCUT2D eigenvalue weighted by atomic mass is 10.1. The normalized spacial score (nSPS) is 24.9. The molecule has 0 aromatic carbocycles. The summed E-state index contributed by atoms with van der Waals surface area (Å²) in [7, 11) is 0. The van der Waals surface area contributed by atoms with E-state index < -0.39 is 0 Å². The summed E-state index contributed by atoms with van der Waals surface area (Å²) in [6, 6.07) is 0.814.